The lowest BCUT2D eigenvalue weighted by atomic mass is 10.1. The Balaban J connectivity index is 1.90. The summed E-state index contributed by atoms with van der Waals surface area (Å²) in [6.07, 6.45) is -2.22. The fourth-order valence-corrected chi connectivity index (χ4v) is 5.46. The van der Waals surface area contributed by atoms with Crippen LogP contribution in [0.25, 0.3) is 0 Å². The monoisotopic (exact) mass is 469 g/mol. The fourth-order valence-electron chi connectivity index (χ4n) is 3.71. The average molecular weight is 470 g/mol. The maximum absolute atomic E-state index is 13.6. The molecule has 0 radical (unpaired) electrons. The SMILES string of the molecule is CC1CCCCN1S(=O)(=O)c1cccc(C(=O)Nc2ccc(N(C)C)cc2C(F)(F)F)c1. The molecule has 0 bridgehead atoms. The van der Waals surface area contributed by atoms with E-state index >= 15 is 0 Å². The Morgan fingerprint density at radius 3 is 2.47 bits per heavy atom. The molecule has 1 amide bonds. The van der Waals surface area contributed by atoms with E-state index in [1.54, 1.807) is 14.1 Å². The highest BCUT2D eigenvalue weighted by Gasteiger charge is 2.35. The molecule has 174 valence electrons. The van der Waals surface area contributed by atoms with Gasteiger partial charge in [0.05, 0.1) is 16.1 Å². The zero-order valence-electron chi connectivity index (χ0n) is 18.1. The third kappa shape index (κ3) is 5.07. The number of nitrogens with one attached hydrogen (secondary N) is 1. The minimum Gasteiger partial charge on any atom is -0.378 e. The van der Waals surface area contributed by atoms with Gasteiger partial charge in [-0.1, -0.05) is 12.5 Å². The van der Waals surface area contributed by atoms with Gasteiger partial charge in [-0.05, 0) is 56.2 Å². The molecule has 1 aliphatic heterocycles. The number of nitrogens with zero attached hydrogens (tertiary/aromatic N) is 2. The van der Waals surface area contributed by atoms with E-state index in [0.717, 1.165) is 25.3 Å². The van der Waals surface area contributed by atoms with Crippen LogP contribution in [-0.4, -0.2) is 45.3 Å². The van der Waals surface area contributed by atoms with Crippen molar-refractivity contribution in [3.05, 3.63) is 53.6 Å². The van der Waals surface area contributed by atoms with E-state index in [9.17, 15) is 26.4 Å². The molecule has 0 aromatic heterocycles. The number of anilines is 2. The molecule has 32 heavy (non-hydrogen) atoms. The van der Waals surface area contributed by atoms with Gasteiger partial charge in [0.2, 0.25) is 10.0 Å². The standard InChI is InChI=1S/C22H26F3N3O3S/c1-15-7-4-5-12-28(15)32(30,31)18-9-6-8-16(13-18)21(29)26-20-11-10-17(27(2)3)14-19(20)22(23,24)25/h6,8-11,13-15H,4-5,7,12H2,1-3H3,(H,26,29). The van der Waals surface area contributed by atoms with Crippen LogP contribution in [0.2, 0.25) is 0 Å². The molecule has 0 saturated carbocycles. The van der Waals surface area contributed by atoms with E-state index in [2.05, 4.69) is 5.32 Å². The van der Waals surface area contributed by atoms with E-state index in [0.29, 0.717) is 12.2 Å². The molecule has 1 N–H and O–H groups in total. The minimum atomic E-state index is -4.68. The van der Waals surface area contributed by atoms with Crippen molar-refractivity contribution < 1.29 is 26.4 Å². The number of halogens is 3. The Labute approximate surface area is 186 Å². The van der Waals surface area contributed by atoms with Crippen molar-refractivity contribution in [3.63, 3.8) is 0 Å². The summed E-state index contributed by atoms with van der Waals surface area (Å²) in [7, 11) is -0.591. The number of piperidine rings is 1. The van der Waals surface area contributed by atoms with Crippen molar-refractivity contribution in [2.45, 2.75) is 43.3 Å². The quantitative estimate of drug-likeness (QED) is 0.696. The molecule has 1 atom stereocenters. The van der Waals surface area contributed by atoms with Crippen LogP contribution in [-0.2, 0) is 16.2 Å². The smallest absolute Gasteiger partial charge is 0.378 e. The molecule has 6 nitrogen and oxygen atoms in total. The van der Waals surface area contributed by atoms with Gasteiger partial charge in [-0.2, -0.15) is 17.5 Å². The van der Waals surface area contributed by atoms with Crippen LogP contribution < -0.4 is 10.2 Å². The molecule has 0 spiro atoms. The number of amides is 1. The minimum absolute atomic E-state index is 0.0412. The van der Waals surface area contributed by atoms with E-state index in [4.69, 9.17) is 0 Å². The predicted molar refractivity (Wildman–Crippen MR) is 117 cm³/mol. The van der Waals surface area contributed by atoms with Crippen molar-refractivity contribution in [2.75, 3.05) is 30.9 Å². The maximum Gasteiger partial charge on any atom is 0.418 e. The lowest BCUT2D eigenvalue weighted by Crippen LogP contribution is -2.41. The largest absolute Gasteiger partial charge is 0.418 e. The normalized spacial score (nSPS) is 17.8. The topological polar surface area (TPSA) is 69.7 Å². The van der Waals surface area contributed by atoms with Crippen LogP contribution in [0.3, 0.4) is 0 Å². The predicted octanol–water partition coefficient (Wildman–Crippen LogP) is 4.59. The summed E-state index contributed by atoms with van der Waals surface area (Å²) in [6.45, 7) is 2.23. The van der Waals surface area contributed by atoms with Crippen molar-refractivity contribution in [1.82, 2.24) is 4.31 Å². The summed E-state index contributed by atoms with van der Waals surface area (Å²) >= 11 is 0. The Morgan fingerprint density at radius 1 is 1.12 bits per heavy atom. The van der Waals surface area contributed by atoms with Crippen LogP contribution in [0.4, 0.5) is 24.5 Å². The molecule has 1 unspecified atom stereocenters. The molecule has 0 aliphatic carbocycles. The van der Waals surface area contributed by atoms with Gasteiger partial charge < -0.3 is 10.2 Å². The van der Waals surface area contributed by atoms with Gasteiger partial charge in [0, 0.05) is 37.9 Å². The first kappa shape index (κ1) is 24.1. The number of benzene rings is 2. The lowest BCUT2D eigenvalue weighted by molar-refractivity contribution is -0.136. The first-order chi connectivity index (χ1) is 14.9. The van der Waals surface area contributed by atoms with Gasteiger partial charge in [0.25, 0.3) is 5.91 Å². The molecule has 10 heteroatoms. The summed E-state index contributed by atoms with van der Waals surface area (Å²) in [5, 5.41) is 2.28. The van der Waals surface area contributed by atoms with E-state index in [1.807, 2.05) is 6.92 Å². The molecule has 2 aromatic carbocycles. The highest BCUT2D eigenvalue weighted by molar-refractivity contribution is 7.89. The van der Waals surface area contributed by atoms with Crippen LogP contribution >= 0.6 is 0 Å². The molecule has 3 rings (SSSR count). The van der Waals surface area contributed by atoms with Gasteiger partial charge in [-0.3, -0.25) is 4.79 Å². The Bertz CT molecular complexity index is 1100. The highest BCUT2D eigenvalue weighted by atomic mass is 32.2. The van der Waals surface area contributed by atoms with Gasteiger partial charge in [0.1, 0.15) is 0 Å². The van der Waals surface area contributed by atoms with Crippen LogP contribution in [0.1, 0.15) is 42.1 Å². The fraction of sp³-hybridized carbons (Fsp3) is 0.409. The molecule has 1 heterocycles. The van der Waals surface area contributed by atoms with Gasteiger partial charge in [-0.25, -0.2) is 8.42 Å². The molecule has 1 aliphatic rings. The summed E-state index contributed by atoms with van der Waals surface area (Å²) in [4.78, 5) is 14.2. The second kappa shape index (κ2) is 9.11. The van der Waals surface area contributed by atoms with Gasteiger partial charge in [-0.15, -0.1) is 0 Å². The number of rotatable bonds is 5. The lowest BCUT2D eigenvalue weighted by Gasteiger charge is -2.32. The summed E-state index contributed by atoms with van der Waals surface area (Å²) < 4.78 is 68.2. The molecule has 1 fully saturated rings. The van der Waals surface area contributed by atoms with Gasteiger partial charge in [0.15, 0.2) is 0 Å². The zero-order chi connectivity index (χ0) is 23.7. The number of carbonyl (C=O) groups excluding carboxylic acids is 1. The second-order valence-electron chi connectivity index (χ2n) is 8.06. The number of hydrogen-bond donors (Lipinski definition) is 1. The Morgan fingerprint density at radius 2 is 1.84 bits per heavy atom. The van der Waals surface area contributed by atoms with E-state index in [1.165, 1.54) is 45.6 Å². The molecular weight excluding hydrogens is 443 g/mol. The number of alkyl halides is 3. The molecule has 2 aromatic rings. The average Bonchev–Trinajstić information content (AvgIpc) is 2.73. The molecular formula is C22H26F3N3O3S. The number of carbonyl (C=O) groups is 1. The maximum atomic E-state index is 13.6. The van der Waals surface area contributed by atoms with Crippen molar-refractivity contribution in [3.8, 4) is 0 Å². The van der Waals surface area contributed by atoms with Crippen LogP contribution in [0.5, 0.6) is 0 Å². The molecule has 1 saturated heterocycles. The third-order valence-corrected chi connectivity index (χ3v) is 7.53. The Hall–Kier alpha value is -2.59. The highest BCUT2D eigenvalue weighted by Crippen LogP contribution is 2.37. The first-order valence-corrected chi connectivity index (χ1v) is 11.7. The van der Waals surface area contributed by atoms with Crippen LogP contribution in [0, 0.1) is 0 Å². The van der Waals surface area contributed by atoms with Crippen molar-refractivity contribution >= 4 is 27.3 Å². The third-order valence-electron chi connectivity index (χ3n) is 5.52. The summed E-state index contributed by atoms with van der Waals surface area (Å²) in [5.74, 6) is -0.822. The van der Waals surface area contributed by atoms with Crippen molar-refractivity contribution in [2.24, 2.45) is 0 Å². The van der Waals surface area contributed by atoms with E-state index < -0.39 is 33.4 Å². The van der Waals surface area contributed by atoms with Crippen molar-refractivity contribution in [1.29, 1.82) is 0 Å². The van der Waals surface area contributed by atoms with E-state index in [-0.39, 0.29) is 16.5 Å². The summed E-state index contributed by atoms with van der Waals surface area (Å²) in [5.41, 5.74) is -1.09. The number of hydrogen-bond acceptors (Lipinski definition) is 4. The summed E-state index contributed by atoms with van der Waals surface area (Å²) in [6, 6.07) is 8.82. The zero-order valence-corrected chi connectivity index (χ0v) is 18.9. The first-order valence-electron chi connectivity index (χ1n) is 10.2. The second-order valence-corrected chi connectivity index (χ2v) is 9.96. The van der Waals surface area contributed by atoms with Crippen LogP contribution in [0.15, 0.2) is 47.4 Å². The van der Waals surface area contributed by atoms with Gasteiger partial charge >= 0.3 is 6.18 Å². The number of sulfonamides is 1. The Kier molecular flexibility index (Phi) is 6.85.